The van der Waals surface area contributed by atoms with E-state index >= 15 is 4.39 Å². The fourth-order valence-corrected chi connectivity index (χ4v) is 4.71. The fraction of sp³-hybridized carbons (Fsp3) is 0.345. The summed E-state index contributed by atoms with van der Waals surface area (Å²) in [6.07, 6.45) is 1.24. The van der Waals surface area contributed by atoms with Crippen LogP contribution in [0.15, 0.2) is 42.5 Å². The standard InChI is InChI=1S/C29H27F5O4/c1-3-36-23-13-11-20(25(31)27(23)33)17-7-10-19(22(30)15-17)16-5-8-18(9-6-16)38-29(35)21-12-14-24(37-4-2)28(34)26(21)32/h7,10-16,18H,3-6,8-9H2,1-2H3. The molecule has 0 amide bonds. The van der Waals surface area contributed by atoms with Crippen LogP contribution in [0.2, 0.25) is 0 Å². The summed E-state index contributed by atoms with van der Waals surface area (Å²) in [5, 5.41) is 0. The third kappa shape index (κ3) is 5.61. The van der Waals surface area contributed by atoms with Crippen LogP contribution < -0.4 is 9.47 Å². The van der Waals surface area contributed by atoms with Gasteiger partial charge in [0, 0.05) is 5.56 Å². The van der Waals surface area contributed by atoms with Crippen molar-refractivity contribution < 1.29 is 41.0 Å². The van der Waals surface area contributed by atoms with E-state index in [4.69, 9.17) is 14.2 Å². The lowest BCUT2D eigenvalue weighted by Gasteiger charge is -2.29. The van der Waals surface area contributed by atoms with Gasteiger partial charge in [0.1, 0.15) is 11.9 Å². The highest BCUT2D eigenvalue weighted by Crippen LogP contribution is 2.38. The van der Waals surface area contributed by atoms with Gasteiger partial charge >= 0.3 is 5.97 Å². The van der Waals surface area contributed by atoms with Crippen molar-refractivity contribution in [3.8, 4) is 22.6 Å². The average Bonchev–Trinajstić information content (AvgIpc) is 2.90. The summed E-state index contributed by atoms with van der Waals surface area (Å²) in [6.45, 7) is 3.60. The van der Waals surface area contributed by atoms with Crippen LogP contribution in [0.4, 0.5) is 22.0 Å². The minimum atomic E-state index is -1.33. The molecule has 0 N–H and O–H groups in total. The second kappa shape index (κ2) is 11.8. The van der Waals surface area contributed by atoms with E-state index in [1.165, 1.54) is 30.3 Å². The van der Waals surface area contributed by atoms with E-state index in [-0.39, 0.29) is 41.8 Å². The van der Waals surface area contributed by atoms with Crippen molar-refractivity contribution in [2.75, 3.05) is 13.2 Å². The predicted octanol–water partition coefficient (Wildman–Crippen LogP) is 7.73. The number of benzene rings is 3. The van der Waals surface area contributed by atoms with E-state index in [1.54, 1.807) is 19.9 Å². The van der Waals surface area contributed by atoms with Crippen LogP contribution in [-0.4, -0.2) is 25.3 Å². The van der Waals surface area contributed by atoms with Crippen molar-refractivity contribution in [2.45, 2.75) is 51.6 Å². The molecule has 3 aromatic rings. The average molecular weight is 535 g/mol. The quantitative estimate of drug-likeness (QED) is 0.219. The van der Waals surface area contributed by atoms with Crippen LogP contribution in [0.5, 0.6) is 11.5 Å². The molecule has 4 rings (SSSR count). The molecule has 1 aliphatic carbocycles. The second-order valence-electron chi connectivity index (χ2n) is 8.96. The smallest absolute Gasteiger partial charge is 0.341 e. The molecular weight excluding hydrogens is 507 g/mol. The lowest BCUT2D eigenvalue weighted by molar-refractivity contribution is 0.0188. The van der Waals surface area contributed by atoms with Gasteiger partial charge < -0.3 is 14.2 Å². The highest BCUT2D eigenvalue weighted by atomic mass is 19.2. The van der Waals surface area contributed by atoms with E-state index in [0.717, 1.165) is 6.07 Å². The Balaban J connectivity index is 1.40. The molecule has 0 spiro atoms. The van der Waals surface area contributed by atoms with Gasteiger partial charge in [-0.3, -0.25) is 0 Å². The SMILES string of the molecule is CCOc1ccc(C(=O)OC2CCC(c3ccc(-c4ccc(OCC)c(F)c4F)cc3F)CC2)c(F)c1F. The summed E-state index contributed by atoms with van der Waals surface area (Å²) in [6, 6.07) is 9.20. The van der Waals surface area contributed by atoms with E-state index in [9.17, 15) is 22.4 Å². The van der Waals surface area contributed by atoms with Crippen molar-refractivity contribution in [3.05, 3.63) is 82.7 Å². The minimum Gasteiger partial charge on any atom is -0.491 e. The summed E-state index contributed by atoms with van der Waals surface area (Å²) in [5.41, 5.74) is 0.0144. The molecule has 1 aliphatic rings. The summed E-state index contributed by atoms with van der Waals surface area (Å²) in [4.78, 5) is 12.4. The zero-order chi connectivity index (χ0) is 27.4. The maximum Gasteiger partial charge on any atom is 0.341 e. The Morgan fingerprint density at radius 2 is 1.37 bits per heavy atom. The number of halogens is 5. The highest BCUT2D eigenvalue weighted by molar-refractivity contribution is 5.90. The van der Waals surface area contributed by atoms with Gasteiger partial charge in [-0.05, 0) is 86.9 Å². The molecule has 0 radical (unpaired) electrons. The molecule has 4 nitrogen and oxygen atoms in total. The Bertz CT molecular complexity index is 1320. The lowest BCUT2D eigenvalue weighted by atomic mass is 9.82. The normalized spacial score (nSPS) is 17.2. The Morgan fingerprint density at radius 3 is 1.97 bits per heavy atom. The molecule has 9 heteroatoms. The molecule has 0 bridgehead atoms. The number of hydrogen-bond donors (Lipinski definition) is 0. The van der Waals surface area contributed by atoms with Crippen LogP contribution in [0, 0.1) is 29.1 Å². The van der Waals surface area contributed by atoms with Crippen molar-refractivity contribution in [3.63, 3.8) is 0 Å². The van der Waals surface area contributed by atoms with Gasteiger partial charge in [-0.25, -0.2) is 18.0 Å². The molecule has 0 heterocycles. The Morgan fingerprint density at radius 1 is 0.763 bits per heavy atom. The Hall–Kier alpha value is -3.62. The van der Waals surface area contributed by atoms with Crippen LogP contribution in [0.25, 0.3) is 11.1 Å². The molecule has 3 aromatic carbocycles. The number of carbonyl (C=O) groups is 1. The van der Waals surface area contributed by atoms with Crippen molar-refractivity contribution in [2.24, 2.45) is 0 Å². The van der Waals surface area contributed by atoms with Gasteiger partial charge in [-0.2, -0.15) is 8.78 Å². The van der Waals surface area contributed by atoms with Crippen molar-refractivity contribution in [1.82, 2.24) is 0 Å². The van der Waals surface area contributed by atoms with Crippen LogP contribution in [0.3, 0.4) is 0 Å². The summed E-state index contributed by atoms with van der Waals surface area (Å²) < 4.78 is 87.7. The molecular formula is C29H27F5O4. The van der Waals surface area contributed by atoms with Gasteiger partial charge in [0.15, 0.2) is 23.1 Å². The highest BCUT2D eigenvalue weighted by Gasteiger charge is 2.29. The number of carbonyl (C=O) groups excluding carboxylic acids is 1. The maximum absolute atomic E-state index is 15.0. The monoisotopic (exact) mass is 534 g/mol. The lowest BCUT2D eigenvalue weighted by Crippen LogP contribution is -2.25. The minimum absolute atomic E-state index is 0.0787. The summed E-state index contributed by atoms with van der Waals surface area (Å²) in [5.74, 6) is -7.04. The van der Waals surface area contributed by atoms with Gasteiger partial charge in [-0.1, -0.05) is 12.1 Å². The molecule has 0 aromatic heterocycles. The third-order valence-electron chi connectivity index (χ3n) is 6.61. The van der Waals surface area contributed by atoms with Crippen molar-refractivity contribution >= 4 is 5.97 Å². The summed E-state index contributed by atoms with van der Waals surface area (Å²) in [7, 11) is 0. The van der Waals surface area contributed by atoms with Crippen molar-refractivity contribution in [1.29, 1.82) is 0 Å². The van der Waals surface area contributed by atoms with Crippen LogP contribution in [0.1, 0.15) is 61.4 Å². The molecule has 38 heavy (non-hydrogen) atoms. The van der Waals surface area contributed by atoms with Gasteiger partial charge in [0.05, 0.1) is 18.8 Å². The molecule has 0 atom stereocenters. The Labute approximate surface area is 217 Å². The molecule has 1 fully saturated rings. The number of esters is 1. The van der Waals surface area contributed by atoms with Crippen LogP contribution >= 0.6 is 0 Å². The zero-order valence-corrected chi connectivity index (χ0v) is 21.0. The van der Waals surface area contributed by atoms with E-state index in [2.05, 4.69) is 0 Å². The van der Waals surface area contributed by atoms with Gasteiger partial charge in [-0.15, -0.1) is 0 Å². The first kappa shape index (κ1) is 27.4. The fourth-order valence-electron chi connectivity index (χ4n) is 4.71. The largest absolute Gasteiger partial charge is 0.491 e. The van der Waals surface area contributed by atoms with E-state index in [1.807, 2.05) is 0 Å². The van der Waals surface area contributed by atoms with E-state index in [0.29, 0.717) is 31.2 Å². The third-order valence-corrected chi connectivity index (χ3v) is 6.61. The molecule has 0 saturated heterocycles. The van der Waals surface area contributed by atoms with Gasteiger partial charge in [0.25, 0.3) is 0 Å². The summed E-state index contributed by atoms with van der Waals surface area (Å²) >= 11 is 0. The predicted molar refractivity (Wildman–Crippen MR) is 131 cm³/mol. The molecule has 202 valence electrons. The molecule has 0 aliphatic heterocycles. The number of rotatable bonds is 8. The molecule has 0 unspecified atom stereocenters. The first-order valence-electron chi connectivity index (χ1n) is 12.5. The first-order chi connectivity index (χ1) is 18.2. The van der Waals surface area contributed by atoms with Crippen LogP contribution in [-0.2, 0) is 4.74 Å². The maximum atomic E-state index is 15.0. The second-order valence-corrected chi connectivity index (χ2v) is 8.96. The molecule has 1 saturated carbocycles. The topological polar surface area (TPSA) is 44.8 Å². The number of ether oxygens (including phenoxy) is 3. The van der Waals surface area contributed by atoms with Gasteiger partial charge in [0.2, 0.25) is 11.6 Å². The first-order valence-corrected chi connectivity index (χ1v) is 12.5. The zero-order valence-electron chi connectivity index (χ0n) is 21.0. The number of hydrogen-bond acceptors (Lipinski definition) is 4. The van der Waals surface area contributed by atoms with E-state index < -0.39 is 46.7 Å². The Kier molecular flexibility index (Phi) is 8.54.